The fourth-order valence-electron chi connectivity index (χ4n) is 1.92. The third kappa shape index (κ3) is 2.12. The van der Waals surface area contributed by atoms with Gasteiger partial charge in [-0.05, 0) is 13.0 Å². The van der Waals surface area contributed by atoms with E-state index in [-0.39, 0.29) is 0 Å². The van der Waals surface area contributed by atoms with E-state index in [2.05, 4.69) is 33.4 Å². The Bertz CT molecular complexity index is 729. The summed E-state index contributed by atoms with van der Waals surface area (Å²) in [5.41, 5.74) is 6.87. The Balaban J connectivity index is 1.87. The van der Waals surface area contributed by atoms with Crippen LogP contribution in [0.5, 0.6) is 0 Å². The molecule has 19 heavy (non-hydrogen) atoms. The van der Waals surface area contributed by atoms with Gasteiger partial charge in [0.2, 0.25) is 0 Å². The highest BCUT2D eigenvalue weighted by Gasteiger charge is 2.08. The van der Waals surface area contributed by atoms with Gasteiger partial charge in [0.05, 0.1) is 11.6 Å². The molecule has 0 aliphatic heterocycles. The maximum atomic E-state index is 5.91. The molecule has 3 N–H and O–H groups in total. The summed E-state index contributed by atoms with van der Waals surface area (Å²) in [6, 6.07) is 2.09. The lowest BCUT2D eigenvalue weighted by atomic mass is 10.3. The second-order valence-electron chi connectivity index (χ2n) is 4.33. The Morgan fingerprint density at radius 3 is 3.00 bits per heavy atom. The molecule has 98 valence electrons. The molecule has 0 aliphatic rings. The van der Waals surface area contributed by atoms with Crippen molar-refractivity contribution in [1.82, 2.24) is 19.7 Å². The van der Waals surface area contributed by atoms with Crippen LogP contribution in [-0.4, -0.2) is 19.7 Å². The second-order valence-corrected chi connectivity index (χ2v) is 5.57. The van der Waals surface area contributed by atoms with E-state index in [0.29, 0.717) is 12.4 Å². The van der Waals surface area contributed by atoms with Crippen molar-refractivity contribution >= 4 is 33.2 Å². The Morgan fingerprint density at radius 1 is 1.42 bits per heavy atom. The SMILES string of the molecule is Cc1cc2c(NCc3cnn(C)c3N)ncnc2s1. The summed E-state index contributed by atoms with van der Waals surface area (Å²) in [6.45, 7) is 2.66. The zero-order chi connectivity index (χ0) is 13.4. The number of anilines is 2. The van der Waals surface area contributed by atoms with Crippen LogP contribution in [-0.2, 0) is 13.6 Å². The summed E-state index contributed by atoms with van der Waals surface area (Å²) >= 11 is 1.66. The van der Waals surface area contributed by atoms with E-state index in [1.54, 1.807) is 28.5 Å². The van der Waals surface area contributed by atoms with Crippen molar-refractivity contribution in [2.45, 2.75) is 13.5 Å². The zero-order valence-corrected chi connectivity index (χ0v) is 11.5. The van der Waals surface area contributed by atoms with Crippen LogP contribution in [0.25, 0.3) is 10.2 Å². The van der Waals surface area contributed by atoms with Gasteiger partial charge in [-0.2, -0.15) is 5.10 Å². The number of nitrogen functional groups attached to an aromatic ring is 1. The average molecular weight is 274 g/mol. The molecule has 0 aromatic carbocycles. The van der Waals surface area contributed by atoms with Crippen molar-refractivity contribution in [2.24, 2.45) is 7.05 Å². The van der Waals surface area contributed by atoms with Gasteiger partial charge < -0.3 is 11.1 Å². The van der Waals surface area contributed by atoms with Gasteiger partial charge in [-0.25, -0.2) is 9.97 Å². The number of nitrogens with zero attached hydrogens (tertiary/aromatic N) is 4. The number of nitrogens with two attached hydrogens (primary N) is 1. The number of hydrogen-bond acceptors (Lipinski definition) is 6. The molecule has 0 fully saturated rings. The summed E-state index contributed by atoms with van der Waals surface area (Å²) in [4.78, 5) is 10.8. The van der Waals surface area contributed by atoms with Gasteiger partial charge in [-0.3, -0.25) is 4.68 Å². The minimum absolute atomic E-state index is 0.598. The van der Waals surface area contributed by atoms with Crippen molar-refractivity contribution in [1.29, 1.82) is 0 Å². The average Bonchev–Trinajstić information content (AvgIpc) is 2.91. The standard InChI is InChI=1S/C12H14N6S/c1-7-3-9-11(15-6-16-12(9)19-7)14-4-8-5-17-18(2)10(8)13/h3,5-6H,4,13H2,1-2H3,(H,14,15,16). The van der Waals surface area contributed by atoms with Gasteiger partial charge in [0.15, 0.2) is 0 Å². The number of nitrogens with one attached hydrogen (secondary N) is 1. The highest BCUT2D eigenvalue weighted by atomic mass is 32.1. The van der Waals surface area contributed by atoms with Crippen LogP contribution in [0.4, 0.5) is 11.6 Å². The lowest BCUT2D eigenvalue weighted by Gasteiger charge is -2.05. The van der Waals surface area contributed by atoms with E-state index in [1.165, 1.54) is 4.88 Å². The molecule has 0 aliphatic carbocycles. The summed E-state index contributed by atoms with van der Waals surface area (Å²) < 4.78 is 1.65. The second kappa shape index (κ2) is 4.51. The van der Waals surface area contributed by atoms with Crippen molar-refractivity contribution < 1.29 is 0 Å². The Kier molecular flexibility index (Phi) is 2.83. The van der Waals surface area contributed by atoms with Crippen molar-refractivity contribution in [2.75, 3.05) is 11.1 Å². The molecule has 0 radical (unpaired) electrons. The van der Waals surface area contributed by atoms with Gasteiger partial charge in [-0.15, -0.1) is 11.3 Å². The molecule has 3 heterocycles. The molecule has 7 heteroatoms. The molecule has 0 unspecified atom stereocenters. The smallest absolute Gasteiger partial charge is 0.138 e. The van der Waals surface area contributed by atoms with Crippen LogP contribution in [0.2, 0.25) is 0 Å². The summed E-state index contributed by atoms with van der Waals surface area (Å²) in [6.07, 6.45) is 3.34. The number of hydrogen-bond donors (Lipinski definition) is 2. The van der Waals surface area contributed by atoms with Crippen molar-refractivity contribution in [3.05, 3.63) is 29.0 Å². The Hall–Kier alpha value is -2.15. The molecule has 6 nitrogen and oxygen atoms in total. The fourth-order valence-corrected chi connectivity index (χ4v) is 2.77. The van der Waals surface area contributed by atoms with Crippen LogP contribution >= 0.6 is 11.3 Å². The normalized spacial score (nSPS) is 11.1. The number of thiophene rings is 1. The molecule has 0 saturated carbocycles. The molecular formula is C12H14N6S. The summed E-state index contributed by atoms with van der Waals surface area (Å²) in [7, 11) is 1.82. The lowest BCUT2D eigenvalue weighted by molar-refractivity contribution is 0.778. The van der Waals surface area contributed by atoms with E-state index in [9.17, 15) is 0 Å². The quantitative estimate of drug-likeness (QED) is 0.762. The number of aromatic nitrogens is 4. The molecule has 0 spiro atoms. The third-order valence-electron chi connectivity index (χ3n) is 2.96. The molecule has 0 atom stereocenters. The first-order valence-electron chi connectivity index (χ1n) is 5.86. The molecule has 0 bridgehead atoms. The Labute approximate surface area is 114 Å². The van der Waals surface area contributed by atoms with Crippen LogP contribution < -0.4 is 11.1 Å². The van der Waals surface area contributed by atoms with Gasteiger partial charge in [0, 0.05) is 24.0 Å². The van der Waals surface area contributed by atoms with Gasteiger partial charge in [0.25, 0.3) is 0 Å². The molecule has 3 aromatic rings. The highest BCUT2D eigenvalue weighted by Crippen LogP contribution is 2.27. The molecule has 0 saturated heterocycles. The molecular weight excluding hydrogens is 260 g/mol. The minimum Gasteiger partial charge on any atom is -0.384 e. The third-order valence-corrected chi connectivity index (χ3v) is 3.92. The lowest BCUT2D eigenvalue weighted by Crippen LogP contribution is -2.05. The van der Waals surface area contributed by atoms with E-state index in [0.717, 1.165) is 21.6 Å². The van der Waals surface area contributed by atoms with E-state index in [4.69, 9.17) is 5.73 Å². The number of aryl methyl sites for hydroxylation is 2. The van der Waals surface area contributed by atoms with Crippen molar-refractivity contribution in [3.8, 4) is 0 Å². The van der Waals surface area contributed by atoms with Crippen molar-refractivity contribution in [3.63, 3.8) is 0 Å². The fraction of sp³-hybridized carbons (Fsp3) is 0.250. The number of rotatable bonds is 3. The molecule has 0 amide bonds. The van der Waals surface area contributed by atoms with Crippen LogP contribution in [0.3, 0.4) is 0 Å². The maximum Gasteiger partial charge on any atom is 0.138 e. The first-order valence-corrected chi connectivity index (χ1v) is 6.68. The minimum atomic E-state index is 0.598. The first kappa shape index (κ1) is 11.9. The van der Waals surface area contributed by atoms with Gasteiger partial charge in [-0.1, -0.05) is 0 Å². The monoisotopic (exact) mass is 274 g/mol. The zero-order valence-electron chi connectivity index (χ0n) is 10.7. The van der Waals surface area contributed by atoms with E-state index < -0.39 is 0 Å². The largest absolute Gasteiger partial charge is 0.384 e. The summed E-state index contributed by atoms with van der Waals surface area (Å²) in [5, 5.41) is 8.46. The maximum absolute atomic E-state index is 5.91. The number of fused-ring (bicyclic) bond motifs is 1. The first-order chi connectivity index (χ1) is 9.15. The molecule has 3 rings (SSSR count). The van der Waals surface area contributed by atoms with E-state index in [1.807, 2.05) is 7.05 Å². The summed E-state index contributed by atoms with van der Waals surface area (Å²) in [5.74, 6) is 1.50. The topological polar surface area (TPSA) is 81.7 Å². The Morgan fingerprint density at radius 2 is 2.26 bits per heavy atom. The van der Waals surface area contributed by atoms with Gasteiger partial charge >= 0.3 is 0 Å². The van der Waals surface area contributed by atoms with Gasteiger partial charge in [0.1, 0.15) is 22.8 Å². The predicted molar refractivity (Wildman–Crippen MR) is 77.1 cm³/mol. The van der Waals surface area contributed by atoms with E-state index >= 15 is 0 Å². The van der Waals surface area contributed by atoms with Crippen LogP contribution in [0, 0.1) is 6.92 Å². The predicted octanol–water partition coefficient (Wildman–Crippen LogP) is 1.93. The molecule has 3 aromatic heterocycles. The van der Waals surface area contributed by atoms with Crippen LogP contribution in [0.15, 0.2) is 18.6 Å². The highest BCUT2D eigenvalue weighted by molar-refractivity contribution is 7.18. The van der Waals surface area contributed by atoms with Crippen LogP contribution in [0.1, 0.15) is 10.4 Å².